The molecule has 1 aromatic heterocycles. The molecule has 1 aromatic rings. The zero-order valence-electron chi connectivity index (χ0n) is 12.1. The lowest BCUT2D eigenvalue weighted by Gasteiger charge is -2.24. The van der Waals surface area contributed by atoms with Gasteiger partial charge in [0.25, 0.3) is 0 Å². The molecule has 1 N–H and O–H groups in total. The molecule has 1 aliphatic heterocycles. The fourth-order valence-corrected chi connectivity index (χ4v) is 2.77. The van der Waals surface area contributed by atoms with E-state index in [1.807, 2.05) is 4.90 Å². The number of carbonyl (C=O) groups excluding carboxylic acids is 1. The molecule has 8 heteroatoms. The number of rotatable bonds is 6. The summed E-state index contributed by atoms with van der Waals surface area (Å²) >= 11 is 0. The molecule has 1 unspecified atom stereocenters. The van der Waals surface area contributed by atoms with Crippen molar-refractivity contribution in [1.82, 2.24) is 14.5 Å². The summed E-state index contributed by atoms with van der Waals surface area (Å²) in [7, 11) is 0. The third kappa shape index (κ3) is 3.57. The summed E-state index contributed by atoms with van der Waals surface area (Å²) in [5.74, 6) is 0.172. The Kier molecular flexibility index (Phi) is 4.89. The minimum absolute atomic E-state index is 0.0502. The van der Waals surface area contributed by atoms with Gasteiger partial charge in [0.2, 0.25) is 11.7 Å². The van der Waals surface area contributed by atoms with Crippen molar-refractivity contribution in [2.75, 3.05) is 13.2 Å². The summed E-state index contributed by atoms with van der Waals surface area (Å²) in [5, 5.41) is 19.6. The summed E-state index contributed by atoms with van der Waals surface area (Å²) in [6, 6.07) is 0.170. The van der Waals surface area contributed by atoms with Crippen LogP contribution in [0.4, 0.5) is 5.82 Å². The van der Waals surface area contributed by atoms with E-state index in [0.29, 0.717) is 18.8 Å². The van der Waals surface area contributed by atoms with Crippen LogP contribution in [0, 0.1) is 17.0 Å². The highest BCUT2D eigenvalue weighted by atomic mass is 16.6. The van der Waals surface area contributed by atoms with Crippen LogP contribution in [0.3, 0.4) is 0 Å². The van der Waals surface area contributed by atoms with Crippen molar-refractivity contribution >= 4 is 11.7 Å². The van der Waals surface area contributed by atoms with Gasteiger partial charge in [0.05, 0.1) is 0 Å². The van der Waals surface area contributed by atoms with Gasteiger partial charge in [0, 0.05) is 26.1 Å². The van der Waals surface area contributed by atoms with Crippen molar-refractivity contribution < 1.29 is 14.8 Å². The molecule has 2 rings (SSSR count). The van der Waals surface area contributed by atoms with Crippen molar-refractivity contribution in [3.05, 3.63) is 22.1 Å². The van der Waals surface area contributed by atoms with Gasteiger partial charge < -0.3 is 20.1 Å². The normalized spacial score (nSPS) is 18.2. The van der Waals surface area contributed by atoms with E-state index in [4.69, 9.17) is 5.11 Å². The number of hydrogen-bond acceptors (Lipinski definition) is 5. The third-order valence-corrected chi connectivity index (χ3v) is 3.85. The van der Waals surface area contributed by atoms with E-state index < -0.39 is 4.92 Å². The molecule has 0 spiro atoms. The lowest BCUT2D eigenvalue weighted by molar-refractivity contribution is -0.389. The van der Waals surface area contributed by atoms with Gasteiger partial charge in [-0.25, -0.2) is 0 Å². The zero-order valence-corrected chi connectivity index (χ0v) is 12.1. The van der Waals surface area contributed by atoms with Crippen molar-refractivity contribution in [2.45, 2.75) is 45.2 Å². The number of amides is 1. The lowest BCUT2D eigenvalue weighted by atomic mass is 10.1. The highest BCUT2D eigenvalue weighted by Gasteiger charge is 2.29. The topological polar surface area (TPSA) is 102 Å². The van der Waals surface area contributed by atoms with E-state index in [9.17, 15) is 14.9 Å². The number of aryl methyl sites for hydroxylation is 1. The van der Waals surface area contributed by atoms with Crippen LogP contribution in [-0.2, 0) is 11.3 Å². The van der Waals surface area contributed by atoms with Gasteiger partial charge in [-0.05, 0) is 35.6 Å². The quantitative estimate of drug-likeness (QED) is 0.619. The molecule has 0 radical (unpaired) electrons. The number of carbonyl (C=O) groups is 1. The first-order valence-electron chi connectivity index (χ1n) is 7.11. The number of aliphatic hydroxyl groups excluding tert-OH is 1. The first kappa shape index (κ1) is 15.4. The first-order chi connectivity index (χ1) is 10.0. The van der Waals surface area contributed by atoms with Gasteiger partial charge in [-0.2, -0.15) is 0 Å². The summed E-state index contributed by atoms with van der Waals surface area (Å²) in [4.78, 5) is 28.1. The average molecular weight is 296 g/mol. The smallest absolute Gasteiger partial charge is 0.381 e. The molecule has 116 valence electrons. The number of likely N-dealkylation sites (tertiary alicyclic amines) is 1. The van der Waals surface area contributed by atoms with E-state index in [1.54, 1.807) is 6.92 Å². The van der Waals surface area contributed by atoms with E-state index in [-0.39, 0.29) is 30.9 Å². The second-order valence-corrected chi connectivity index (χ2v) is 5.28. The number of aromatic nitrogens is 2. The van der Waals surface area contributed by atoms with Gasteiger partial charge in [-0.3, -0.25) is 9.36 Å². The molecule has 1 atom stereocenters. The lowest BCUT2D eigenvalue weighted by Crippen LogP contribution is -2.37. The van der Waals surface area contributed by atoms with E-state index in [1.165, 1.54) is 10.8 Å². The number of hydrogen-bond donors (Lipinski definition) is 1. The molecule has 0 saturated carbocycles. The monoisotopic (exact) mass is 296 g/mol. The number of nitrogens with zero attached hydrogens (tertiary/aromatic N) is 4. The van der Waals surface area contributed by atoms with Crippen molar-refractivity contribution in [1.29, 1.82) is 0 Å². The Hall–Kier alpha value is -1.96. The maximum Gasteiger partial charge on any atom is 0.381 e. The molecule has 1 amide bonds. The highest BCUT2D eigenvalue weighted by Crippen LogP contribution is 2.22. The Morgan fingerprint density at radius 2 is 2.38 bits per heavy atom. The van der Waals surface area contributed by atoms with Crippen LogP contribution in [0.1, 0.15) is 31.5 Å². The standard InChI is InChI=1S/C13H20N4O4/c1-10-14-12(17(20)21)8-15(10)9-13(19)16-6-2-4-11(16)5-3-7-18/h8,11,18H,2-7,9H2,1H3. The van der Waals surface area contributed by atoms with Crippen molar-refractivity contribution in [3.63, 3.8) is 0 Å². The molecule has 1 aliphatic rings. The predicted molar refractivity (Wildman–Crippen MR) is 74.7 cm³/mol. The molecule has 1 saturated heterocycles. The van der Waals surface area contributed by atoms with Crippen LogP contribution in [-0.4, -0.2) is 49.6 Å². The molecule has 0 aromatic carbocycles. The fourth-order valence-electron chi connectivity index (χ4n) is 2.77. The van der Waals surface area contributed by atoms with Crippen LogP contribution in [0.25, 0.3) is 0 Å². The number of imidazole rings is 1. The molecule has 0 bridgehead atoms. The fraction of sp³-hybridized carbons (Fsp3) is 0.692. The van der Waals surface area contributed by atoms with Crippen molar-refractivity contribution in [2.24, 2.45) is 0 Å². The van der Waals surface area contributed by atoms with Gasteiger partial charge in [-0.1, -0.05) is 0 Å². The largest absolute Gasteiger partial charge is 0.396 e. The zero-order chi connectivity index (χ0) is 15.4. The van der Waals surface area contributed by atoms with Gasteiger partial charge in [0.15, 0.2) is 0 Å². The number of nitro groups is 1. The highest BCUT2D eigenvalue weighted by molar-refractivity contribution is 5.76. The molecular weight excluding hydrogens is 276 g/mol. The third-order valence-electron chi connectivity index (χ3n) is 3.85. The average Bonchev–Trinajstić information content (AvgIpc) is 3.04. The Morgan fingerprint density at radius 3 is 3.00 bits per heavy atom. The summed E-state index contributed by atoms with van der Waals surface area (Å²) in [6.45, 7) is 2.56. The molecule has 0 aliphatic carbocycles. The SMILES string of the molecule is Cc1nc([N+](=O)[O-])cn1CC(=O)N1CCCC1CCCO. The molecule has 8 nitrogen and oxygen atoms in total. The van der Waals surface area contributed by atoms with Crippen LogP contribution < -0.4 is 0 Å². The van der Waals surface area contributed by atoms with Gasteiger partial charge in [-0.15, -0.1) is 0 Å². The summed E-state index contributed by atoms with van der Waals surface area (Å²) in [5.41, 5.74) is 0. The van der Waals surface area contributed by atoms with Crippen LogP contribution in [0.2, 0.25) is 0 Å². The van der Waals surface area contributed by atoms with E-state index in [2.05, 4.69) is 4.98 Å². The number of aliphatic hydroxyl groups is 1. The van der Waals surface area contributed by atoms with Crippen LogP contribution in [0.5, 0.6) is 0 Å². The van der Waals surface area contributed by atoms with E-state index >= 15 is 0 Å². The molecule has 1 fully saturated rings. The predicted octanol–water partition coefficient (Wildman–Crippen LogP) is 0.863. The Labute approximate surface area is 122 Å². The van der Waals surface area contributed by atoms with Crippen LogP contribution in [0.15, 0.2) is 6.20 Å². The van der Waals surface area contributed by atoms with E-state index in [0.717, 1.165) is 19.3 Å². The maximum atomic E-state index is 12.4. The van der Waals surface area contributed by atoms with Crippen molar-refractivity contribution in [3.8, 4) is 0 Å². The second-order valence-electron chi connectivity index (χ2n) is 5.28. The minimum atomic E-state index is -0.562. The molecule has 2 heterocycles. The Bertz CT molecular complexity index is 528. The first-order valence-corrected chi connectivity index (χ1v) is 7.11. The Balaban J connectivity index is 2.02. The minimum Gasteiger partial charge on any atom is -0.396 e. The summed E-state index contributed by atoms with van der Waals surface area (Å²) < 4.78 is 1.52. The maximum absolute atomic E-state index is 12.4. The summed E-state index contributed by atoms with van der Waals surface area (Å²) in [6.07, 6.45) is 4.70. The van der Waals surface area contributed by atoms with Crippen LogP contribution >= 0.6 is 0 Å². The Morgan fingerprint density at radius 1 is 1.62 bits per heavy atom. The molecular formula is C13H20N4O4. The van der Waals surface area contributed by atoms with Gasteiger partial charge in [0.1, 0.15) is 12.7 Å². The molecule has 21 heavy (non-hydrogen) atoms. The second kappa shape index (κ2) is 6.66. The van der Waals surface area contributed by atoms with Gasteiger partial charge >= 0.3 is 5.82 Å².